The molecule has 1 aliphatic rings. The first-order valence-electron chi connectivity index (χ1n) is 7.70. The van der Waals surface area contributed by atoms with Crippen LogP contribution in [0, 0.1) is 0 Å². The van der Waals surface area contributed by atoms with E-state index in [0.29, 0.717) is 5.95 Å². The number of hydrogen-bond acceptors (Lipinski definition) is 5. The molecule has 0 spiro atoms. The van der Waals surface area contributed by atoms with E-state index in [0.717, 1.165) is 31.9 Å². The topological polar surface area (TPSA) is 53.9 Å². The molecule has 1 aromatic rings. The molecule has 5 heteroatoms. The molecule has 0 saturated carbocycles. The van der Waals surface area contributed by atoms with Gasteiger partial charge in [-0.2, -0.15) is 10.1 Å². The number of hydrogen-bond donors (Lipinski definition) is 1. The maximum Gasteiger partial charge on any atom is 0.247 e. The van der Waals surface area contributed by atoms with Crippen LogP contribution in [-0.4, -0.2) is 34.8 Å². The molecule has 1 aliphatic carbocycles. The lowest BCUT2D eigenvalue weighted by atomic mass is 9.97. The fourth-order valence-corrected chi connectivity index (χ4v) is 2.50. The summed E-state index contributed by atoms with van der Waals surface area (Å²) >= 11 is 0. The fourth-order valence-electron chi connectivity index (χ4n) is 2.50. The van der Waals surface area contributed by atoms with Gasteiger partial charge in [-0.05, 0) is 46.0 Å². The summed E-state index contributed by atoms with van der Waals surface area (Å²) in [5.74, 6) is 1.52. The highest BCUT2D eigenvalue weighted by atomic mass is 15.3. The largest absolute Gasteiger partial charge is 0.368 e. The summed E-state index contributed by atoms with van der Waals surface area (Å²) in [6.45, 7) is 6.91. The van der Waals surface area contributed by atoms with E-state index in [-0.39, 0.29) is 0 Å². The van der Waals surface area contributed by atoms with Gasteiger partial charge in [-0.15, -0.1) is 5.10 Å². The molecule has 0 atom stereocenters. The van der Waals surface area contributed by atoms with Crippen molar-refractivity contribution in [2.45, 2.75) is 46.0 Å². The van der Waals surface area contributed by atoms with Gasteiger partial charge in [-0.3, -0.25) is 0 Å². The molecular formula is C15H25N5. The molecule has 0 aliphatic heterocycles. The molecule has 2 rings (SSSR count). The lowest BCUT2D eigenvalue weighted by molar-refractivity contribution is 0.679. The Bertz CT molecular complexity index is 440. The van der Waals surface area contributed by atoms with Gasteiger partial charge in [0.15, 0.2) is 5.82 Å². The molecule has 0 saturated heterocycles. The van der Waals surface area contributed by atoms with E-state index >= 15 is 0 Å². The van der Waals surface area contributed by atoms with Gasteiger partial charge in [-0.25, -0.2) is 0 Å². The van der Waals surface area contributed by atoms with Crippen LogP contribution in [0.4, 0.5) is 11.8 Å². The monoisotopic (exact) mass is 275 g/mol. The van der Waals surface area contributed by atoms with E-state index < -0.39 is 0 Å². The molecule has 0 unspecified atom stereocenters. The zero-order chi connectivity index (χ0) is 14.2. The molecule has 0 aromatic carbocycles. The normalized spacial score (nSPS) is 14.8. The van der Waals surface area contributed by atoms with Crippen LogP contribution in [0.25, 0.3) is 0 Å². The van der Waals surface area contributed by atoms with Crippen LogP contribution in [0.3, 0.4) is 0 Å². The van der Waals surface area contributed by atoms with Crippen molar-refractivity contribution >= 4 is 11.8 Å². The molecule has 5 nitrogen and oxygen atoms in total. The standard InChI is InChI=1S/C15H25N5/c1-3-20(4-2)15-18-14(12-17-19-15)16-11-10-13-8-6-5-7-9-13/h8,12H,3-7,9-11H2,1-2H3,(H,16,18,19). The van der Waals surface area contributed by atoms with E-state index in [1.54, 1.807) is 11.8 Å². The van der Waals surface area contributed by atoms with Gasteiger partial charge in [0.1, 0.15) is 0 Å². The highest BCUT2D eigenvalue weighted by Crippen LogP contribution is 2.20. The van der Waals surface area contributed by atoms with Gasteiger partial charge >= 0.3 is 0 Å². The Morgan fingerprint density at radius 1 is 1.25 bits per heavy atom. The first kappa shape index (κ1) is 14.8. The number of aromatic nitrogens is 3. The van der Waals surface area contributed by atoms with Crippen LogP contribution in [0.5, 0.6) is 0 Å². The van der Waals surface area contributed by atoms with Crippen molar-refractivity contribution in [3.8, 4) is 0 Å². The first-order chi connectivity index (χ1) is 9.83. The smallest absolute Gasteiger partial charge is 0.247 e. The van der Waals surface area contributed by atoms with Crippen molar-refractivity contribution in [1.29, 1.82) is 0 Å². The minimum atomic E-state index is 0.705. The fraction of sp³-hybridized carbons (Fsp3) is 0.667. The minimum Gasteiger partial charge on any atom is -0.368 e. The molecule has 20 heavy (non-hydrogen) atoms. The van der Waals surface area contributed by atoms with E-state index in [2.05, 4.69) is 45.3 Å². The molecule has 1 heterocycles. The Hall–Kier alpha value is -1.65. The molecule has 110 valence electrons. The number of nitrogens with zero attached hydrogens (tertiary/aromatic N) is 4. The zero-order valence-corrected chi connectivity index (χ0v) is 12.6. The molecule has 1 N–H and O–H groups in total. The van der Waals surface area contributed by atoms with Crippen LogP contribution in [0.15, 0.2) is 17.8 Å². The molecule has 0 amide bonds. The van der Waals surface area contributed by atoms with E-state index in [9.17, 15) is 0 Å². The maximum absolute atomic E-state index is 4.52. The van der Waals surface area contributed by atoms with E-state index in [4.69, 9.17) is 0 Å². The lowest BCUT2D eigenvalue weighted by Crippen LogP contribution is -2.25. The van der Waals surface area contributed by atoms with Crippen molar-refractivity contribution in [3.63, 3.8) is 0 Å². The van der Waals surface area contributed by atoms with Gasteiger partial charge < -0.3 is 10.2 Å². The summed E-state index contributed by atoms with van der Waals surface area (Å²) in [6, 6.07) is 0. The van der Waals surface area contributed by atoms with E-state index in [1.165, 1.54) is 25.7 Å². The molecule has 0 bridgehead atoms. The third-order valence-corrected chi connectivity index (χ3v) is 3.73. The Kier molecular flexibility index (Phi) is 5.77. The Balaban J connectivity index is 1.86. The highest BCUT2D eigenvalue weighted by Gasteiger charge is 2.07. The van der Waals surface area contributed by atoms with Crippen LogP contribution in [-0.2, 0) is 0 Å². The van der Waals surface area contributed by atoms with Crippen molar-refractivity contribution < 1.29 is 0 Å². The Morgan fingerprint density at radius 2 is 2.10 bits per heavy atom. The van der Waals surface area contributed by atoms with Gasteiger partial charge in [0.05, 0.1) is 6.20 Å². The summed E-state index contributed by atoms with van der Waals surface area (Å²) in [7, 11) is 0. The van der Waals surface area contributed by atoms with Crippen molar-refractivity contribution in [3.05, 3.63) is 17.8 Å². The quantitative estimate of drug-likeness (QED) is 0.775. The van der Waals surface area contributed by atoms with Crippen LogP contribution in [0.2, 0.25) is 0 Å². The third kappa shape index (κ3) is 4.18. The van der Waals surface area contributed by atoms with Crippen molar-refractivity contribution in [2.24, 2.45) is 0 Å². The van der Waals surface area contributed by atoms with Crippen molar-refractivity contribution in [1.82, 2.24) is 15.2 Å². The second-order valence-corrected chi connectivity index (χ2v) is 5.10. The minimum absolute atomic E-state index is 0.705. The number of allylic oxidation sites excluding steroid dienone is 1. The van der Waals surface area contributed by atoms with Crippen molar-refractivity contribution in [2.75, 3.05) is 29.9 Å². The van der Waals surface area contributed by atoms with E-state index in [1.807, 2.05) is 0 Å². The summed E-state index contributed by atoms with van der Waals surface area (Å²) in [4.78, 5) is 6.62. The summed E-state index contributed by atoms with van der Waals surface area (Å²) in [5.41, 5.74) is 1.58. The highest BCUT2D eigenvalue weighted by molar-refractivity contribution is 5.38. The van der Waals surface area contributed by atoms with Crippen LogP contribution in [0.1, 0.15) is 46.0 Å². The number of rotatable bonds is 7. The van der Waals surface area contributed by atoms with Crippen LogP contribution >= 0.6 is 0 Å². The summed E-state index contributed by atoms with van der Waals surface area (Å²) in [6.07, 6.45) is 10.4. The second kappa shape index (κ2) is 7.82. The molecular weight excluding hydrogens is 250 g/mol. The predicted molar refractivity (Wildman–Crippen MR) is 83.0 cm³/mol. The average Bonchev–Trinajstić information content (AvgIpc) is 2.50. The van der Waals surface area contributed by atoms with Gasteiger partial charge in [0, 0.05) is 19.6 Å². The Labute approximate surface area is 121 Å². The molecule has 0 radical (unpaired) electrons. The van der Waals surface area contributed by atoms with Gasteiger partial charge in [-0.1, -0.05) is 11.6 Å². The van der Waals surface area contributed by atoms with Crippen LogP contribution < -0.4 is 10.2 Å². The second-order valence-electron chi connectivity index (χ2n) is 5.10. The number of anilines is 2. The predicted octanol–water partition coefficient (Wildman–Crippen LogP) is 3.02. The number of nitrogens with one attached hydrogen (secondary N) is 1. The van der Waals surface area contributed by atoms with Gasteiger partial charge in [0.25, 0.3) is 0 Å². The Morgan fingerprint density at radius 3 is 2.80 bits per heavy atom. The SMILES string of the molecule is CCN(CC)c1nncc(NCCC2=CCCCC2)n1. The summed E-state index contributed by atoms with van der Waals surface area (Å²) < 4.78 is 0. The third-order valence-electron chi connectivity index (χ3n) is 3.73. The lowest BCUT2D eigenvalue weighted by Gasteiger charge is -2.18. The van der Waals surface area contributed by atoms with Gasteiger partial charge in [0.2, 0.25) is 5.95 Å². The first-order valence-corrected chi connectivity index (χ1v) is 7.70. The molecule has 0 fully saturated rings. The average molecular weight is 275 g/mol. The molecule has 1 aromatic heterocycles. The maximum atomic E-state index is 4.52. The zero-order valence-electron chi connectivity index (χ0n) is 12.6. The summed E-state index contributed by atoms with van der Waals surface area (Å²) in [5, 5.41) is 11.5.